The molecule has 0 aromatic heterocycles. The van der Waals surface area contributed by atoms with Crippen LogP contribution >= 0.6 is 0 Å². The Morgan fingerprint density at radius 3 is 2.53 bits per heavy atom. The number of hydrogen-bond donors (Lipinski definition) is 2. The fourth-order valence-corrected chi connectivity index (χ4v) is 2.70. The van der Waals surface area contributed by atoms with Gasteiger partial charge in [-0.2, -0.15) is 0 Å². The standard InChI is InChI=1S/C14H19NO2/c1-10-3-4-11(2)12(9-10)14(13(16)17)5-7-15-8-6-14/h3-4,9,15H,5-8H2,1-2H3,(H,16,17). The molecule has 3 nitrogen and oxygen atoms in total. The van der Waals surface area contributed by atoms with E-state index in [0.717, 1.165) is 29.8 Å². The SMILES string of the molecule is Cc1ccc(C)c(C2(C(=O)O)CCNCC2)c1. The van der Waals surface area contributed by atoms with Gasteiger partial charge in [0.2, 0.25) is 0 Å². The van der Waals surface area contributed by atoms with Crippen LogP contribution < -0.4 is 5.32 Å². The molecule has 0 unspecified atom stereocenters. The monoisotopic (exact) mass is 233 g/mol. The van der Waals surface area contributed by atoms with Crippen molar-refractivity contribution in [3.05, 3.63) is 34.9 Å². The highest BCUT2D eigenvalue weighted by molar-refractivity contribution is 5.82. The van der Waals surface area contributed by atoms with E-state index in [9.17, 15) is 9.90 Å². The molecule has 92 valence electrons. The number of carboxylic acid groups (broad SMARTS) is 1. The molecule has 1 aromatic rings. The number of aryl methyl sites for hydroxylation is 2. The Morgan fingerprint density at radius 1 is 1.29 bits per heavy atom. The summed E-state index contributed by atoms with van der Waals surface area (Å²) in [5.74, 6) is -0.687. The molecule has 0 radical (unpaired) electrons. The summed E-state index contributed by atoms with van der Waals surface area (Å²) in [6.07, 6.45) is 1.35. The molecule has 1 aliphatic rings. The van der Waals surface area contributed by atoms with Gasteiger partial charge in [0.15, 0.2) is 0 Å². The summed E-state index contributed by atoms with van der Waals surface area (Å²) in [4.78, 5) is 11.7. The first-order valence-electron chi connectivity index (χ1n) is 6.08. The van der Waals surface area contributed by atoms with Crippen LogP contribution in [0.15, 0.2) is 18.2 Å². The number of carboxylic acids is 1. The van der Waals surface area contributed by atoms with Crippen molar-refractivity contribution in [1.29, 1.82) is 0 Å². The molecule has 1 fully saturated rings. The molecule has 3 heteroatoms. The van der Waals surface area contributed by atoms with Gasteiger partial charge in [0, 0.05) is 0 Å². The van der Waals surface area contributed by atoms with Crippen LogP contribution in [0.1, 0.15) is 29.5 Å². The van der Waals surface area contributed by atoms with Crippen LogP contribution in [0.3, 0.4) is 0 Å². The second-order valence-electron chi connectivity index (χ2n) is 4.96. The van der Waals surface area contributed by atoms with Gasteiger partial charge in [0.25, 0.3) is 0 Å². The van der Waals surface area contributed by atoms with Crippen LogP contribution in [0, 0.1) is 13.8 Å². The quantitative estimate of drug-likeness (QED) is 0.821. The molecular weight excluding hydrogens is 214 g/mol. The maximum atomic E-state index is 11.7. The van der Waals surface area contributed by atoms with E-state index in [1.54, 1.807) is 0 Å². The van der Waals surface area contributed by atoms with Crippen LogP contribution in [0.4, 0.5) is 0 Å². The molecule has 0 aliphatic carbocycles. The Labute approximate surface area is 102 Å². The van der Waals surface area contributed by atoms with E-state index in [1.165, 1.54) is 0 Å². The van der Waals surface area contributed by atoms with E-state index < -0.39 is 11.4 Å². The number of nitrogens with one attached hydrogen (secondary N) is 1. The highest BCUT2D eigenvalue weighted by Crippen LogP contribution is 2.36. The molecule has 0 saturated carbocycles. The molecule has 17 heavy (non-hydrogen) atoms. The fourth-order valence-electron chi connectivity index (χ4n) is 2.70. The highest BCUT2D eigenvalue weighted by Gasteiger charge is 2.42. The van der Waals surface area contributed by atoms with Gasteiger partial charge in [-0.25, -0.2) is 0 Å². The van der Waals surface area contributed by atoms with E-state index >= 15 is 0 Å². The minimum Gasteiger partial charge on any atom is -0.481 e. The van der Waals surface area contributed by atoms with Crippen molar-refractivity contribution in [2.45, 2.75) is 32.1 Å². The molecular formula is C14H19NO2. The summed E-state index contributed by atoms with van der Waals surface area (Å²) in [5, 5.41) is 12.9. The maximum Gasteiger partial charge on any atom is 0.314 e. The molecule has 0 atom stereocenters. The molecule has 1 heterocycles. The Balaban J connectivity index is 2.52. The summed E-state index contributed by atoms with van der Waals surface area (Å²) >= 11 is 0. The second-order valence-corrected chi connectivity index (χ2v) is 4.96. The van der Waals surface area contributed by atoms with Gasteiger partial charge in [-0.1, -0.05) is 23.8 Å². The van der Waals surface area contributed by atoms with Gasteiger partial charge in [-0.05, 0) is 50.9 Å². The van der Waals surface area contributed by atoms with Crippen LogP contribution in [0.5, 0.6) is 0 Å². The number of carbonyl (C=O) groups is 1. The summed E-state index contributed by atoms with van der Waals surface area (Å²) < 4.78 is 0. The molecule has 0 amide bonds. The first-order valence-corrected chi connectivity index (χ1v) is 6.08. The first-order chi connectivity index (χ1) is 8.06. The number of benzene rings is 1. The van der Waals surface area contributed by atoms with Gasteiger partial charge in [-0.15, -0.1) is 0 Å². The fraction of sp³-hybridized carbons (Fsp3) is 0.500. The van der Waals surface area contributed by atoms with Crippen LogP contribution in [-0.2, 0) is 10.2 Å². The number of rotatable bonds is 2. The maximum absolute atomic E-state index is 11.7. The summed E-state index contributed by atoms with van der Waals surface area (Å²) in [6, 6.07) is 6.10. The van der Waals surface area contributed by atoms with Gasteiger partial charge in [-0.3, -0.25) is 4.79 Å². The molecule has 2 N–H and O–H groups in total. The minimum absolute atomic E-state index is 0.673. The van der Waals surface area contributed by atoms with E-state index in [0.29, 0.717) is 12.8 Å². The van der Waals surface area contributed by atoms with E-state index in [4.69, 9.17) is 0 Å². The normalized spacial score (nSPS) is 18.9. The lowest BCUT2D eigenvalue weighted by Crippen LogP contribution is -2.46. The van der Waals surface area contributed by atoms with Crippen LogP contribution in [0.25, 0.3) is 0 Å². The number of piperidine rings is 1. The third-order valence-corrected chi connectivity index (χ3v) is 3.78. The smallest absolute Gasteiger partial charge is 0.314 e. The largest absolute Gasteiger partial charge is 0.481 e. The lowest BCUT2D eigenvalue weighted by Gasteiger charge is -2.35. The highest BCUT2D eigenvalue weighted by atomic mass is 16.4. The predicted molar refractivity (Wildman–Crippen MR) is 67.3 cm³/mol. The number of aliphatic carboxylic acids is 1. The van der Waals surface area contributed by atoms with Gasteiger partial charge >= 0.3 is 5.97 Å². The van der Waals surface area contributed by atoms with Crippen molar-refractivity contribution >= 4 is 5.97 Å². The molecule has 1 aliphatic heterocycles. The van der Waals surface area contributed by atoms with Gasteiger partial charge in [0.1, 0.15) is 0 Å². The molecule has 0 bridgehead atoms. The lowest BCUT2D eigenvalue weighted by atomic mass is 9.71. The molecule has 2 rings (SSSR count). The van der Waals surface area contributed by atoms with Gasteiger partial charge in [0.05, 0.1) is 5.41 Å². The molecule has 0 spiro atoms. The van der Waals surface area contributed by atoms with Crippen molar-refractivity contribution in [1.82, 2.24) is 5.32 Å². The van der Waals surface area contributed by atoms with Crippen molar-refractivity contribution in [3.8, 4) is 0 Å². The molecule has 1 saturated heterocycles. The van der Waals surface area contributed by atoms with Crippen LogP contribution in [-0.4, -0.2) is 24.2 Å². The zero-order valence-electron chi connectivity index (χ0n) is 10.4. The zero-order valence-corrected chi connectivity index (χ0v) is 10.4. The summed E-state index contributed by atoms with van der Waals surface area (Å²) in [5.41, 5.74) is 2.51. The van der Waals surface area contributed by atoms with E-state index in [1.807, 2.05) is 32.0 Å². The first kappa shape index (κ1) is 12.1. The average molecular weight is 233 g/mol. The lowest BCUT2D eigenvalue weighted by molar-refractivity contribution is -0.145. The minimum atomic E-state index is -0.693. The van der Waals surface area contributed by atoms with Gasteiger partial charge < -0.3 is 10.4 Å². The summed E-state index contributed by atoms with van der Waals surface area (Å²) in [7, 11) is 0. The molecule has 1 aromatic carbocycles. The van der Waals surface area contributed by atoms with Crippen molar-refractivity contribution in [2.75, 3.05) is 13.1 Å². The Bertz CT molecular complexity index is 434. The third-order valence-electron chi connectivity index (χ3n) is 3.78. The Kier molecular flexibility index (Phi) is 3.20. The Morgan fingerprint density at radius 2 is 1.94 bits per heavy atom. The average Bonchev–Trinajstić information content (AvgIpc) is 2.33. The van der Waals surface area contributed by atoms with E-state index in [-0.39, 0.29) is 0 Å². The topological polar surface area (TPSA) is 49.3 Å². The third kappa shape index (κ3) is 2.07. The van der Waals surface area contributed by atoms with Crippen molar-refractivity contribution < 1.29 is 9.90 Å². The van der Waals surface area contributed by atoms with Crippen molar-refractivity contribution in [2.24, 2.45) is 0 Å². The van der Waals surface area contributed by atoms with E-state index in [2.05, 4.69) is 5.32 Å². The van der Waals surface area contributed by atoms with Crippen LogP contribution in [0.2, 0.25) is 0 Å². The predicted octanol–water partition coefficient (Wildman–Crippen LogP) is 2.01. The second kappa shape index (κ2) is 4.49. The van der Waals surface area contributed by atoms with Crippen molar-refractivity contribution in [3.63, 3.8) is 0 Å². The zero-order chi connectivity index (χ0) is 12.5. The Hall–Kier alpha value is -1.35. The number of hydrogen-bond acceptors (Lipinski definition) is 2. The summed E-state index contributed by atoms with van der Waals surface area (Å²) in [6.45, 7) is 5.57.